The average Bonchev–Trinajstić information content (AvgIpc) is 3.30. The summed E-state index contributed by atoms with van der Waals surface area (Å²) in [5.41, 5.74) is 2.31. The zero-order chi connectivity index (χ0) is 27.9. The number of carbonyl (C=O) groups is 2. The van der Waals surface area contributed by atoms with E-state index in [2.05, 4.69) is 15.2 Å². The van der Waals surface area contributed by atoms with Gasteiger partial charge in [0.05, 0.1) is 43.1 Å². The summed E-state index contributed by atoms with van der Waals surface area (Å²) in [6.07, 6.45) is -3.58. The highest BCUT2D eigenvalue weighted by atomic mass is 19.4. The molecule has 1 aliphatic carbocycles. The van der Waals surface area contributed by atoms with Crippen LogP contribution in [0.15, 0.2) is 48.7 Å². The minimum atomic E-state index is -4.64. The van der Waals surface area contributed by atoms with Crippen molar-refractivity contribution in [2.45, 2.75) is 50.7 Å². The van der Waals surface area contributed by atoms with Crippen LogP contribution in [0.1, 0.15) is 57.7 Å². The van der Waals surface area contributed by atoms with E-state index in [9.17, 15) is 28.0 Å². The quantitative estimate of drug-likeness (QED) is 0.480. The number of nitrogens with one attached hydrogen (secondary N) is 1. The lowest BCUT2D eigenvalue weighted by atomic mass is 9.77. The van der Waals surface area contributed by atoms with Crippen LogP contribution >= 0.6 is 0 Å². The van der Waals surface area contributed by atoms with E-state index in [4.69, 9.17) is 4.74 Å². The number of aromatic nitrogens is 2. The maximum atomic E-state index is 13.6. The van der Waals surface area contributed by atoms with Crippen molar-refractivity contribution in [3.05, 3.63) is 71.0 Å². The van der Waals surface area contributed by atoms with Gasteiger partial charge in [-0.1, -0.05) is 12.1 Å². The van der Waals surface area contributed by atoms with Crippen LogP contribution in [-0.2, 0) is 11.3 Å². The second kappa shape index (κ2) is 10.1. The van der Waals surface area contributed by atoms with E-state index in [1.165, 1.54) is 24.1 Å². The molecule has 1 fully saturated rings. The van der Waals surface area contributed by atoms with Gasteiger partial charge in [-0.15, -0.1) is 13.2 Å². The lowest BCUT2D eigenvalue weighted by Gasteiger charge is -2.36. The molecule has 0 radical (unpaired) electrons. The number of hydrogen-bond acceptors (Lipinski definition) is 6. The van der Waals surface area contributed by atoms with E-state index >= 15 is 0 Å². The Morgan fingerprint density at radius 2 is 1.90 bits per heavy atom. The molecule has 1 aromatic heterocycles. The third kappa shape index (κ3) is 5.18. The van der Waals surface area contributed by atoms with Gasteiger partial charge in [-0.2, -0.15) is 10.4 Å². The number of hydrogen-bond donors (Lipinski definition) is 1. The van der Waals surface area contributed by atoms with Gasteiger partial charge in [0.2, 0.25) is 0 Å². The van der Waals surface area contributed by atoms with Gasteiger partial charge >= 0.3 is 6.36 Å². The fraction of sp³-hybridized carbons (Fsp3) is 0.333. The molecule has 2 amide bonds. The molecule has 1 N–H and O–H groups in total. The molecule has 1 saturated carbocycles. The number of rotatable bonds is 6. The van der Waals surface area contributed by atoms with Crippen molar-refractivity contribution in [2.24, 2.45) is 0 Å². The lowest BCUT2D eigenvalue weighted by molar-refractivity contribution is -0.351. The number of benzene rings is 2. The van der Waals surface area contributed by atoms with Crippen molar-refractivity contribution in [3.8, 4) is 11.8 Å². The van der Waals surface area contributed by atoms with E-state index < -0.39 is 24.3 Å². The van der Waals surface area contributed by atoms with Crippen molar-refractivity contribution in [2.75, 3.05) is 17.3 Å². The molecule has 39 heavy (non-hydrogen) atoms. The first-order valence-corrected chi connectivity index (χ1v) is 12.2. The fourth-order valence-electron chi connectivity index (χ4n) is 5.04. The normalized spacial score (nSPS) is 20.6. The number of nitriles is 1. The Bertz CT molecular complexity index is 1460. The Morgan fingerprint density at radius 3 is 2.54 bits per heavy atom. The predicted molar refractivity (Wildman–Crippen MR) is 134 cm³/mol. The van der Waals surface area contributed by atoms with Crippen molar-refractivity contribution < 1.29 is 32.2 Å². The Labute approximate surface area is 221 Å². The van der Waals surface area contributed by atoms with Crippen molar-refractivity contribution in [3.63, 3.8) is 0 Å². The summed E-state index contributed by atoms with van der Waals surface area (Å²) in [7, 11) is 1.44. The van der Waals surface area contributed by atoms with E-state index in [1.54, 1.807) is 41.3 Å². The SMILES string of the molecule is COc1ccc(NC(=O)c2cnn3c2C(=O)N(c2ccc(C4CC(OC(F)(F)F)C4)cc2)C(C)C3)cc1C#N. The van der Waals surface area contributed by atoms with Gasteiger partial charge in [0.15, 0.2) is 0 Å². The van der Waals surface area contributed by atoms with Crippen molar-refractivity contribution in [1.29, 1.82) is 5.26 Å². The largest absolute Gasteiger partial charge is 0.522 e. The second-order valence-electron chi connectivity index (χ2n) is 9.54. The third-order valence-corrected chi connectivity index (χ3v) is 7.00. The number of amides is 2. The highest BCUT2D eigenvalue weighted by Gasteiger charge is 2.41. The van der Waals surface area contributed by atoms with E-state index in [-0.39, 0.29) is 41.6 Å². The van der Waals surface area contributed by atoms with Gasteiger partial charge in [-0.3, -0.25) is 19.0 Å². The third-order valence-electron chi connectivity index (χ3n) is 7.00. The van der Waals surface area contributed by atoms with Crippen molar-refractivity contribution in [1.82, 2.24) is 9.78 Å². The van der Waals surface area contributed by atoms with Crippen LogP contribution in [0.3, 0.4) is 0 Å². The van der Waals surface area contributed by atoms with Gasteiger partial charge < -0.3 is 15.0 Å². The Hall–Kier alpha value is -4.37. The van der Waals surface area contributed by atoms with Gasteiger partial charge in [-0.25, -0.2) is 0 Å². The molecule has 0 saturated heterocycles. The molecule has 2 aliphatic rings. The minimum absolute atomic E-state index is 0.0443. The molecule has 1 unspecified atom stereocenters. The second-order valence-corrected chi connectivity index (χ2v) is 9.54. The van der Waals surface area contributed by atoms with Crippen LogP contribution < -0.4 is 15.0 Å². The van der Waals surface area contributed by atoms with Crippen LogP contribution in [0.2, 0.25) is 0 Å². The standard InChI is InChI=1S/C27H24F3N5O4/c1-15-14-34-24(22(13-32-34)25(36)33-19-5-8-23(38-2)18(9-19)12-31)26(37)35(15)20-6-3-16(4-7-20)17-10-21(11-17)39-27(28,29)30/h3-9,13,15,17,21H,10-11,14H2,1-2H3,(H,33,36). The number of halogens is 3. The number of nitrogens with zero attached hydrogens (tertiary/aromatic N) is 4. The smallest absolute Gasteiger partial charge is 0.495 e. The minimum Gasteiger partial charge on any atom is -0.495 e. The zero-order valence-corrected chi connectivity index (χ0v) is 21.0. The average molecular weight is 540 g/mol. The summed E-state index contributed by atoms with van der Waals surface area (Å²) in [5, 5.41) is 16.3. The molecule has 3 aromatic rings. The summed E-state index contributed by atoms with van der Waals surface area (Å²) in [4.78, 5) is 28.3. The number of anilines is 2. The summed E-state index contributed by atoms with van der Waals surface area (Å²) >= 11 is 0. The molecule has 12 heteroatoms. The van der Waals surface area contributed by atoms with Gasteiger partial charge in [0.25, 0.3) is 11.8 Å². The van der Waals surface area contributed by atoms with Crippen LogP contribution in [0.4, 0.5) is 24.5 Å². The van der Waals surface area contributed by atoms with Crippen LogP contribution in [0, 0.1) is 11.3 Å². The first-order chi connectivity index (χ1) is 18.6. The van der Waals surface area contributed by atoms with E-state index in [0.29, 0.717) is 23.7 Å². The molecule has 2 aromatic carbocycles. The monoisotopic (exact) mass is 539 g/mol. The summed E-state index contributed by atoms with van der Waals surface area (Å²) in [5.74, 6) is -0.629. The molecule has 1 aliphatic heterocycles. The molecule has 5 rings (SSSR count). The topological polar surface area (TPSA) is 109 Å². The molecular weight excluding hydrogens is 515 g/mol. The fourth-order valence-corrected chi connectivity index (χ4v) is 5.04. The number of ether oxygens (including phenoxy) is 2. The highest BCUT2D eigenvalue weighted by Crippen LogP contribution is 2.42. The molecule has 2 heterocycles. The number of carbonyl (C=O) groups excluding carboxylic acids is 2. The number of methoxy groups -OCH3 is 1. The predicted octanol–water partition coefficient (Wildman–Crippen LogP) is 4.85. The van der Waals surface area contributed by atoms with E-state index in [0.717, 1.165) is 5.56 Å². The Balaban J connectivity index is 1.32. The van der Waals surface area contributed by atoms with Crippen molar-refractivity contribution >= 4 is 23.2 Å². The molecular formula is C27H24F3N5O4. The molecule has 202 valence electrons. The number of fused-ring (bicyclic) bond motifs is 1. The molecule has 0 bridgehead atoms. The Kier molecular flexibility index (Phi) is 6.78. The van der Waals surface area contributed by atoms with Gasteiger partial charge in [0.1, 0.15) is 17.5 Å². The molecule has 1 atom stereocenters. The first kappa shape index (κ1) is 26.2. The maximum absolute atomic E-state index is 13.6. The summed E-state index contributed by atoms with van der Waals surface area (Å²) in [6, 6.07) is 13.5. The zero-order valence-electron chi connectivity index (χ0n) is 21.0. The maximum Gasteiger partial charge on any atom is 0.522 e. The van der Waals surface area contributed by atoms with Gasteiger partial charge in [0, 0.05) is 11.4 Å². The summed E-state index contributed by atoms with van der Waals surface area (Å²) < 4.78 is 47.9. The highest BCUT2D eigenvalue weighted by molar-refractivity contribution is 6.15. The summed E-state index contributed by atoms with van der Waals surface area (Å²) in [6.45, 7) is 2.22. The first-order valence-electron chi connectivity index (χ1n) is 12.2. The lowest BCUT2D eigenvalue weighted by Crippen LogP contribution is -2.47. The Morgan fingerprint density at radius 1 is 1.18 bits per heavy atom. The van der Waals surface area contributed by atoms with Crippen LogP contribution in [0.5, 0.6) is 5.75 Å². The molecule has 9 nitrogen and oxygen atoms in total. The van der Waals surface area contributed by atoms with E-state index in [1.807, 2.05) is 13.0 Å². The number of alkyl halides is 3. The van der Waals surface area contributed by atoms with Crippen LogP contribution in [-0.4, -0.2) is 47.2 Å². The van der Waals surface area contributed by atoms with Crippen LogP contribution in [0.25, 0.3) is 0 Å². The van der Waals surface area contributed by atoms with Gasteiger partial charge in [-0.05, 0) is 61.6 Å². The molecule has 0 spiro atoms.